The van der Waals surface area contributed by atoms with E-state index >= 15 is 0 Å². The van der Waals surface area contributed by atoms with Crippen LogP contribution in [0.2, 0.25) is 0 Å². The Labute approximate surface area is 187 Å². The first-order chi connectivity index (χ1) is 15.6. The first kappa shape index (κ1) is 21.3. The third kappa shape index (κ3) is 4.54. The van der Waals surface area contributed by atoms with Crippen molar-refractivity contribution in [2.45, 2.75) is 12.8 Å². The lowest BCUT2D eigenvalue weighted by atomic mass is 9.90. The largest absolute Gasteiger partial charge is 0.493 e. The average Bonchev–Trinajstić information content (AvgIpc) is 3.24. The predicted molar refractivity (Wildman–Crippen MR) is 128 cm³/mol. The van der Waals surface area contributed by atoms with Gasteiger partial charge in [0.05, 0.1) is 14.2 Å². The molecule has 6 nitrogen and oxygen atoms in total. The van der Waals surface area contributed by atoms with Gasteiger partial charge in [-0.25, -0.2) is 4.79 Å². The van der Waals surface area contributed by atoms with Crippen molar-refractivity contribution in [3.8, 4) is 11.5 Å². The second-order valence-electron chi connectivity index (χ2n) is 7.66. The van der Waals surface area contributed by atoms with Crippen LogP contribution in [0.4, 0.5) is 10.5 Å². The molecule has 6 heteroatoms. The summed E-state index contributed by atoms with van der Waals surface area (Å²) in [6.45, 7) is 2.42. The number of carbonyl (C=O) groups excluding carboxylic acids is 1. The molecule has 1 atom stereocenters. The summed E-state index contributed by atoms with van der Waals surface area (Å²) in [5, 5.41) is 7.04. The van der Waals surface area contributed by atoms with Crippen LogP contribution in [-0.2, 0) is 0 Å². The van der Waals surface area contributed by atoms with Crippen molar-refractivity contribution in [1.82, 2.24) is 10.3 Å². The fraction of sp³-hybridized carbons (Fsp3) is 0.192. The van der Waals surface area contributed by atoms with Gasteiger partial charge in [-0.05, 0) is 48.4 Å². The summed E-state index contributed by atoms with van der Waals surface area (Å²) >= 11 is 0. The molecule has 0 fully saturated rings. The highest BCUT2D eigenvalue weighted by molar-refractivity contribution is 5.89. The number of methoxy groups -OCH3 is 2. The van der Waals surface area contributed by atoms with Gasteiger partial charge in [0.25, 0.3) is 0 Å². The van der Waals surface area contributed by atoms with Crippen LogP contribution in [-0.4, -0.2) is 31.8 Å². The van der Waals surface area contributed by atoms with E-state index in [2.05, 4.69) is 21.7 Å². The van der Waals surface area contributed by atoms with Crippen molar-refractivity contribution >= 4 is 22.6 Å². The van der Waals surface area contributed by atoms with E-state index in [0.717, 1.165) is 33.3 Å². The number of urea groups is 1. The molecule has 3 N–H and O–H groups in total. The molecule has 0 aliphatic heterocycles. The molecule has 4 rings (SSSR count). The molecule has 0 aliphatic carbocycles. The standard InChI is InChI=1S/C26H27N3O3/c1-17-8-11-19(12-9-17)29-26(30)28-15-21(18-10-13-24(31-2)25(14-18)32-3)22-16-27-23-7-5-4-6-20(22)23/h4-14,16,21,27H,15H2,1-3H3,(H2,28,29,30). The van der Waals surface area contributed by atoms with Crippen LogP contribution in [0, 0.1) is 6.92 Å². The van der Waals surface area contributed by atoms with Gasteiger partial charge in [-0.15, -0.1) is 0 Å². The summed E-state index contributed by atoms with van der Waals surface area (Å²) in [6, 6.07) is 21.5. The van der Waals surface area contributed by atoms with Crippen molar-refractivity contribution in [2.75, 3.05) is 26.1 Å². The van der Waals surface area contributed by atoms with Crippen LogP contribution in [0.1, 0.15) is 22.6 Å². The number of benzene rings is 3. The van der Waals surface area contributed by atoms with Crippen LogP contribution < -0.4 is 20.1 Å². The molecule has 0 bridgehead atoms. The number of rotatable bonds is 7. The van der Waals surface area contributed by atoms with Gasteiger partial charge in [0.15, 0.2) is 11.5 Å². The van der Waals surface area contributed by atoms with E-state index in [1.54, 1.807) is 14.2 Å². The zero-order chi connectivity index (χ0) is 22.5. The van der Waals surface area contributed by atoms with E-state index in [4.69, 9.17) is 9.47 Å². The summed E-state index contributed by atoms with van der Waals surface area (Å²) in [5.41, 5.74) is 5.07. The summed E-state index contributed by atoms with van der Waals surface area (Å²) in [7, 11) is 3.24. The first-order valence-corrected chi connectivity index (χ1v) is 10.5. The van der Waals surface area contributed by atoms with Gasteiger partial charge in [-0.3, -0.25) is 0 Å². The van der Waals surface area contributed by atoms with Crippen molar-refractivity contribution in [3.63, 3.8) is 0 Å². The fourth-order valence-electron chi connectivity index (χ4n) is 3.87. The smallest absolute Gasteiger partial charge is 0.319 e. The van der Waals surface area contributed by atoms with E-state index in [1.807, 2.05) is 73.8 Å². The Balaban J connectivity index is 1.62. The monoisotopic (exact) mass is 429 g/mol. The lowest BCUT2D eigenvalue weighted by Gasteiger charge is -2.20. The number of carbonyl (C=O) groups is 1. The third-order valence-electron chi connectivity index (χ3n) is 5.58. The van der Waals surface area contributed by atoms with Gasteiger partial charge in [-0.1, -0.05) is 42.0 Å². The molecule has 1 aromatic heterocycles. The Morgan fingerprint density at radius 3 is 2.47 bits per heavy atom. The minimum atomic E-state index is -0.251. The number of aryl methyl sites for hydroxylation is 1. The maximum absolute atomic E-state index is 12.6. The number of anilines is 1. The highest BCUT2D eigenvalue weighted by Crippen LogP contribution is 2.35. The second-order valence-corrected chi connectivity index (χ2v) is 7.66. The van der Waals surface area contributed by atoms with Crippen LogP contribution in [0.5, 0.6) is 11.5 Å². The van der Waals surface area contributed by atoms with Crippen molar-refractivity contribution in [3.05, 3.63) is 89.6 Å². The number of nitrogens with one attached hydrogen (secondary N) is 3. The number of fused-ring (bicyclic) bond motifs is 1. The number of ether oxygens (including phenoxy) is 2. The Kier molecular flexibility index (Phi) is 6.31. The summed E-state index contributed by atoms with van der Waals surface area (Å²) in [6.07, 6.45) is 2.01. The quantitative estimate of drug-likeness (QED) is 0.366. The van der Waals surface area contributed by atoms with Gasteiger partial charge in [0, 0.05) is 35.2 Å². The Morgan fingerprint density at radius 2 is 1.72 bits per heavy atom. The van der Waals surface area contributed by atoms with Crippen molar-refractivity contribution in [2.24, 2.45) is 0 Å². The summed E-state index contributed by atoms with van der Waals surface area (Å²) in [5.74, 6) is 1.23. The van der Waals surface area contributed by atoms with Crippen molar-refractivity contribution < 1.29 is 14.3 Å². The van der Waals surface area contributed by atoms with Gasteiger partial charge < -0.3 is 25.1 Å². The molecule has 4 aromatic rings. The minimum Gasteiger partial charge on any atom is -0.493 e. The SMILES string of the molecule is COc1ccc(C(CNC(=O)Nc2ccc(C)cc2)c2c[nH]c3ccccc23)cc1OC. The highest BCUT2D eigenvalue weighted by Gasteiger charge is 2.21. The van der Waals surface area contributed by atoms with Crippen molar-refractivity contribution in [1.29, 1.82) is 0 Å². The highest BCUT2D eigenvalue weighted by atomic mass is 16.5. The molecule has 1 unspecified atom stereocenters. The first-order valence-electron chi connectivity index (χ1n) is 10.5. The molecular weight excluding hydrogens is 402 g/mol. The molecule has 32 heavy (non-hydrogen) atoms. The van der Waals surface area contributed by atoms with E-state index in [0.29, 0.717) is 18.0 Å². The number of hydrogen-bond donors (Lipinski definition) is 3. The number of aromatic amines is 1. The number of para-hydroxylation sites is 1. The molecule has 2 amide bonds. The van der Waals surface area contributed by atoms with E-state index in [1.165, 1.54) is 0 Å². The van der Waals surface area contributed by atoms with E-state index < -0.39 is 0 Å². The molecule has 1 heterocycles. The van der Waals surface area contributed by atoms with Crippen LogP contribution in [0.3, 0.4) is 0 Å². The van der Waals surface area contributed by atoms with Crippen LogP contribution >= 0.6 is 0 Å². The Hall–Kier alpha value is -3.93. The van der Waals surface area contributed by atoms with E-state index in [-0.39, 0.29) is 11.9 Å². The van der Waals surface area contributed by atoms with Crippen LogP contribution in [0.15, 0.2) is 72.9 Å². The topological polar surface area (TPSA) is 75.4 Å². The summed E-state index contributed by atoms with van der Waals surface area (Å²) in [4.78, 5) is 16.0. The van der Waals surface area contributed by atoms with E-state index in [9.17, 15) is 4.79 Å². The normalized spacial score (nSPS) is 11.7. The van der Waals surface area contributed by atoms with Gasteiger partial charge in [0.2, 0.25) is 0 Å². The fourth-order valence-corrected chi connectivity index (χ4v) is 3.87. The molecule has 0 saturated carbocycles. The maximum Gasteiger partial charge on any atom is 0.319 e. The number of aromatic nitrogens is 1. The minimum absolute atomic E-state index is 0.0882. The molecule has 164 valence electrons. The molecular formula is C26H27N3O3. The Morgan fingerprint density at radius 1 is 0.969 bits per heavy atom. The zero-order valence-corrected chi connectivity index (χ0v) is 18.4. The molecule has 0 radical (unpaired) electrons. The molecule has 3 aromatic carbocycles. The van der Waals surface area contributed by atoms with Gasteiger partial charge >= 0.3 is 6.03 Å². The predicted octanol–water partition coefficient (Wildman–Crippen LogP) is 5.45. The number of amides is 2. The second kappa shape index (κ2) is 9.47. The van der Waals surface area contributed by atoms with Gasteiger partial charge in [-0.2, -0.15) is 0 Å². The van der Waals surface area contributed by atoms with Crippen LogP contribution in [0.25, 0.3) is 10.9 Å². The maximum atomic E-state index is 12.6. The molecule has 0 saturated heterocycles. The number of H-pyrrole nitrogens is 1. The lowest BCUT2D eigenvalue weighted by Crippen LogP contribution is -2.32. The average molecular weight is 430 g/mol. The van der Waals surface area contributed by atoms with Gasteiger partial charge in [0.1, 0.15) is 0 Å². The summed E-state index contributed by atoms with van der Waals surface area (Å²) < 4.78 is 10.9. The molecule has 0 aliphatic rings. The zero-order valence-electron chi connectivity index (χ0n) is 18.4. The molecule has 0 spiro atoms. The number of hydrogen-bond acceptors (Lipinski definition) is 3. The third-order valence-corrected chi connectivity index (χ3v) is 5.58. The Bertz CT molecular complexity index is 1210. The lowest BCUT2D eigenvalue weighted by molar-refractivity contribution is 0.252.